The van der Waals surface area contributed by atoms with Crippen LogP contribution in [0.15, 0.2) is 150 Å². The molecule has 0 saturated heterocycles. The van der Waals surface area contributed by atoms with E-state index in [1.807, 2.05) is 24.2 Å². The second-order valence-corrected chi connectivity index (χ2v) is 19.5. The van der Waals surface area contributed by atoms with E-state index in [4.69, 9.17) is 9.97 Å². The molecule has 0 radical (unpaired) electrons. The summed E-state index contributed by atoms with van der Waals surface area (Å²) in [6.45, 7) is 8.90. The minimum atomic E-state index is -3.13. The topological polar surface area (TPSA) is 37.2 Å². The molecule has 0 bridgehead atoms. The van der Waals surface area contributed by atoms with Crippen molar-refractivity contribution in [3.8, 4) is 5.82 Å². The van der Waals surface area contributed by atoms with Crippen molar-refractivity contribution in [2.75, 3.05) is 16.8 Å². The fourth-order valence-electron chi connectivity index (χ4n) is 8.19. The van der Waals surface area contributed by atoms with Gasteiger partial charge in [-0.1, -0.05) is 111 Å². The van der Waals surface area contributed by atoms with Gasteiger partial charge < -0.3 is 19.4 Å². The Hall–Kier alpha value is -4.94. The third-order valence-electron chi connectivity index (χ3n) is 10.7. The molecule has 0 N–H and O–H groups in total. The fourth-order valence-corrected chi connectivity index (χ4v) is 14.8. The molecule has 0 fully saturated rings. The van der Waals surface area contributed by atoms with Crippen LogP contribution in [-0.2, 0) is 26.5 Å². The normalized spacial score (nSPS) is 14.4. The van der Waals surface area contributed by atoms with Crippen LogP contribution in [-0.4, -0.2) is 29.7 Å². The number of benzene rings is 5. The van der Waals surface area contributed by atoms with E-state index in [9.17, 15) is 0 Å². The molecule has 2 aliphatic heterocycles. The van der Waals surface area contributed by atoms with Crippen LogP contribution in [0.25, 0.3) is 27.6 Å². The minimum absolute atomic E-state index is 0. The fraction of sp³-hybridized carbons (Fsp3) is 0.109. The van der Waals surface area contributed by atoms with Gasteiger partial charge in [-0.25, -0.2) is 11.1 Å². The van der Waals surface area contributed by atoms with Gasteiger partial charge in [-0.2, -0.15) is 41.8 Å². The second kappa shape index (κ2) is 13.1. The minimum Gasteiger partial charge on any atom is -0.504 e. The van der Waals surface area contributed by atoms with Crippen molar-refractivity contribution in [3.05, 3.63) is 164 Å². The summed E-state index contributed by atoms with van der Waals surface area (Å²) < 4.78 is 2.31. The van der Waals surface area contributed by atoms with E-state index in [-0.39, 0.29) is 26.5 Å². The summed E-state index contributed by atoms with van der Waals surface area (Å²) in [6, 6.07) is 54.1. The molecule has 8 heteroatoms. The number of nitrogens with zero attached hydrogens (tertiary/aromatic N) is 5. The predicted octanol–water partition coefficient (Wildman–Crippen LogP) is 8.02. The van der Waals surface area contributed by atoms with Gasteiger partial charge >= 0.3 is 0 Å². The molecule has 0 spiro atoms. The molecule has 0 aliphatic carbocycles. The average Bonchev–Trinajstić information content (AvgIpc) is 3.71. The summed E-state index contributed by atoms with van der Waals surface area (Å²) in [5, 5.41) is 7.05. The van der Waals surface area contributed by atoms with E-state index in [1.54, 1.807) is 0 Å². The quantitative estimate of drug-likeness (QED) is 0.132. The standard InChI is InChI=1S/C46H36N5SSi.Pt/c1-46(2,3)31-23-25-47-44(27-31)51-36-14-6-5-13-34(36)35-22-21-33(29-39(35)51)53(42-19-11-9-17-40(42)52-41-18-10-12-20-43(41)53)45-28-32(24-26-48-45)50-30-49(4)37-15-7-8-16-38(37)50;/h5-27,30H,1-4H3;/q-3;. The molecule has 54 heavy (non-hydrogen) atoms. The van der Waals surface area contributed by atoms with Gasteiger partial charge in [0.1, 0.15) is 5.82 Å². The van der Waals surface area contributed by atoms with Crippen LogP contribution in [0.5, 0.6) is 0 Å². The Morgan fingerprint density at radius 3 is 2.11 bits per heavy atom. The predicted molar refractivity (Wildman–Crippen MR) is 222 cm³/mol. The Bertz CT molecular complexity index is 2690. The van der Waals surface area contributed by atoms with E-state index < -0.39 is 8.07 Å². The van der Waals surface area contributed by atoms with Gasteiger partial charge in [0.15, 0.2) is 8.07 Å². The van der Waals surface area contributed by atoms with E-state index in [0.29, 0.717) is 0 Å². The number of anilines is 3. The summed E-state index contributed by atoms with van der Waals surface area (Å²) >= 11 is 1.85. The summed E-state index contributed by atoms with van der Waals surface area (Å²) in [5.41, 5.74) is 6.60. The van der Waals surface area contributed by atoms with Crippen molar-refractivity contribution < 1.29 is 21.1 Å². The molecule has 0 amide bonds. The van der Waals surface area contributed by atoms with Crippen molar-refractivity contribution in [2.24, 2.45) is 0 Å². The van der Waals surface area contributed by atoms with Crippen LogP contribution >= 0.6 is 11.8 Å². The molecule has 5 aromatic carbocycles. The van der Waals surface area contributed by atoms with Gasteiger partial charge in [0, 0.05) is 53.9 Å². The molecule has 5 nitrogen and oxygen atoms in total. The van der Waals surface area contributed by atoms with E-state index in [0.717, 1.165) is 49.8 Å². The Morgan fingerprint density at radius 2 is 1.35 bits per heavy atom. The first-order valence-electron chi connectivity index (χ1n) is 18.0. The largest absolute Gasteiger partial charge is 0.504 e. The number of hydrogen-bond acceptors (Lipinski definition) is 5. The SMILES string of the molecule is CN1[CH-]N(c2[c-]c([Si]3(c4[c-]c5c(cc4)c4ccccc4n5-c4cc(C(C)(C)C)ccn4)c4ccccc4Sc4ccccc43)ncc2)c2ccccc21.[Pt]. The second-order valence-electron chi connectivity index (χ2n) is 14.9. The molecular weight excluding hydrogens is 878 g/mol. The molecule has 5 heterocycles. The smallest absolute Gasteiger partial charge is 0.157 e. The summed E-state index contributed by atoms with van der Waals surface area (Å²) in [6.07, 6.45) is 3.91. The average molecular weight is 914 g/mol. The summed E-state index contributed by atoms with van der Waals surface area (Å²) in [7, 11) is -1.03. The molecule has 0 saturated carbocycles. The molecule has 268 valence electrons. The van der Waals surface area contributed by atoms with Crippen molar-refractivity contribution in [1.82, 2.24) is 14.5 Å². The molecule has 2 aliphatic rings. The zero-order chi connectivity index (χ0) is 35.9. The zero-order valence-electron chi connectivity index (χ0n) is 30.3. The third-order valence-corrected chi connectivity index (χ3v) is 16.8. The van der Waals surface area contributed by atoms with Crippen LogP contribution in [0.4, 0.5) is 17.1 Å². The third kappa shape index (κ3) is 5.24. The van der Waals surface area contributed by atoms with Crippen LogP contribution in [0, 0.1) is 18.8 Å². The van der Waals surface area contributed by atoms with Crippen LogP contribution in [0.3, 0.4) is 0 Å². The Balaban J connectivity index is 0.00000384. The van der Waals surface area contributed by atoms with E-state index >= 15 is 0 Å². The zero-order valence-corrected chi connectivity index (χ0v) is 34.4. The molecule has 0 unspecified atom stereocenters. The van der Waals surface area contributed by atoms with Gasteiger partial charge in [-0.15, -0.1) is 5.39 Å². The summed E-state index contributed by atoms with van der Waals surface area (Å²) in [5.74, 6) is 0.895. The van der Waals surface area contributed by atoms with Crippen LogP contribution in [0.1, 0.15) is 26.3 Å². The number of para-hydroxylation sites is 3. The molecular formula is C46H36N5PtSSi-3. The Morgan fingerprint density at radius 1 is 0.685 bits per heavy atom. The van der Waals surface area contributed by atoms with Gasteiger partial charge in [0.05, 0.1) is 0 Å². The van der Waals surface area contributed by atoms with Crippen molar-refractivity contribution >= 4 is 79.6 Å². The van der Waals surface area contributed by atoms with Crippen LogP contribution in [0.2, 0.25) is 0 Å². The number of rotatable bonds is 4. The van der Waals surface area contributed by atoms with Gasteiger partial charge in [0.2, 0.25) is 0 Å². The number of fused-ring (bicyclic) bond motifs is 6. The van der Waals surface area contributed by atoms with E-state index in [1.165, 1.54) is 31.1 Å². The maximum atomic E-state index is 5.30. The van der Waals surface area contributed by atoms with Gasteiger partial charge in [-0.3, -0.25) is 0 Å². The van der Waals surface area contributed by atoms with Gasteiger partial charge in [-0.05, 0) is 81.6 Å². The first kappa shape index (κ1) is 34.8. The molecule has 0 atom stereocenters. The maximum absolute atomic E-state index is 5.30. The number of pyridine rings is 2. The van der Waals surface area contributed by atoms with Gasteiger partial charge in [0.25, 0.3) is 0 Å². The molecule has 8 aromatic rings. The monoisotopic (exact) mass is 913 g/mol. The Kier molecular flexibility index (Phi) is 8.46. The first-order chi connectivity index (χ1) is 25.8. The maximum Gasteiger partial charge on any atom is 0.157 e. The van der Waals surface area contributed by atoms with Crippen LogP contribution < -0.4 is 30.7 Å². The van der Waals surface area contributed by atoms with Crippen molar-refractivity contribution in [1.29, 1.82) is 0 Å². The number of hydrogen-bond donors (Lipinski definition) is 0. The number of aromatic nitrogens is 3. The van der Waals surface area contributed by atoms with E-state index in [2.05, 4.69) is 188 Å². The molecule has 10 rings (SSSR count). The van der Waals surface area contributed by atoms with Crippen molar-refractivity contribution in [2.45, 2.75) is 36.0 Å². The molecule has 3 aromatic heterocycles. The summed E-state index contributed by atoms with van der Waals surface area (Å²) in [4.78, 5) is 17.2. The Labute approximate surface area is 336 Å². The first-order valence-corrected chi connectivity index (χ1v) is 20.8. The van der Waals surface area contributed by atoms with Crippen molar-refractivity contribution in [3.63, 3.8) is 0 Å².